The first-order valence-electron chi connectivity index (χ1n) is 12.6. The van der Waals surface area contributed by atoms with Gasteiger partial charge >= 0.3 is 0 Å². The highest BCUT2D eigenvalue weighted by atomic mass is 32.2. The first-order valence-corrected chi connectivity index (χ1v) is 14.5. The summed E-state index contributed by atoms with van der Waals surface area (Å²) in [6, 6.07) is 12.3. The van der Waals surface area contributed by atoms with Gasteiger partial charge in [-0.3, -0.25) is 13.9 Å². The van der Waals surface area contributed by atoms with Gasteiger partial charge in [0, 0.05) is 25.6 Å². The lowest BCUT2D eigenvalue weighted by atomic mass is 10.1. The Kier molecular flexibility index (Phi) is 11.0. The molecule has 204 valence electrons. The fourth-order valence-electron chi connectivity index (χ4n) is 4.11. The summed E-state index contributed by atoms with van der Waals surface area (Å²) >= 11 is 0. The van der Waals surface area contributed by atoms with Crippen LogP contribution in [0.25, 0.3) is 0 Å². The summed E-state index contributed by atoms with van der Waals surface area (Å²) < 4.78 is 31.8. The van der Waals surface area contributed by atoms with E-state index in [1.165, 1.54) is 10.6 Å². The van der Waals surface area contributed by atoms with Crippen LogP contribution in [-0.4, -0.2) is 57.1 Å². The molecular weight excluding hydrogens is 490 g/mol. The Labute approximate surface area is 222 Å². The molecular formula is C28H41N3O5S. The van der Waals surface area contributed by atoms with Crippen LogP contribution in [0.5, 0.6) is 5.75 Å². The first-order chi connectivity index (χ1) is 17.3. The van der Waals surface area contributed by atoms with Crippen LogP contribution in [0.1, 0.15) is 56.7 Å². The lowest BCUT2D eigenvalue weighted by Gasteiger charge is -2.30. The molecule has 0 aromatic heterocycles. The third-order valence-corrected chi connectivity index (χ3v) is 7.50. The minimum absolute atomic E-state index is 0.00942. The molecule has 0 saturated carbocycles. The van der Waals surface area contributed by atoms with Crippen LogP contribution in [0.2, 0.25) is 0 Å². The van der Waals surface area contributed by atoms with E-state index in [9.17, 15) is 18.0 Å². The molecule has 9 heteroatoms. The minimum atomic E-state index is -3.54. The van der Waals surface area contributed by atoms with Crippen LogP contribution in [0, 0.1) is 13.8 Å². The van der Waals surface area contributed by atoms with Gasteiger partial charge in [0.05, 0.1) is 19.1 Å². The first kappa shape index (κ1) is 30.2. The quantitative estimate of drug-likeness (QED) is 0.418. The summed E-state index contributed by atoms with van der Waals surface area (Å²) in [5.74, 6) is 0.223. The van der Waals surface area contributed by atoms with E-state index < -0.39 is 16.1 Å². The van der Waals surface area contributed by atoms with Crippen LogP contribution >= 0.6 is 0 Å². The summed E-state index contributed by atoms with van der Waals surface area (Å²) in [4.78, 5) is 27.9. The van der Waals surface area contributed by atoms with Crippen molar-refractivity contribution in [2.24, 2.45) is 0 Å². The van der Waals surface area contributed by atoms with Gasteiger partial charge in [-0.15, -0.1) is 0 Å². The molecule has 0 fully saturated rings. The van der Waals surface area contributed by atoms with Gasteiger partial charge in [0.1, 0.15) is 11.8 Å². The fourth-order valence-corrected chi connectivity index (χ4v) is 5.06. The smallest absolute Gasteiger partial charge is 0.242 e. The van der Waals surface area contributed by atoms with Gasteiger partial charge in [-0.1, -0.05) is 25.1 Å². The highest BCUT2D eigenvalue weighted by Gasteiger charge is 2.27. The number of methoxy groups -OCH3 is 1. The second kappa shape index (κ2) is 13.5. The van der Waals surface area contributed by atoms with Gasteiger partial charge in [-0.2, -0.15) is 0 Å². The van der Waals surface area contributed by atoms with Crippen molar-refractivity contribution < 1.29 is 22.7 Å². The molecule has 2 unspecified atom stereocenters. The molecule has 2 rings (SSSR count). The molecule has 2 atom stereocenters. The molecule has 0 radical (unpaired) electrons. The molecule has 0 aliphatic carbocycles. The molecule has 2 aromatic carbocycles. The van der Waals surface area contributed by atoms with Crippen molar-refractivity contribution in [3.63, 3.8) is 0 Å². The van der Waals surface area contributed by atoms with Crippen molar-refractivity contribution in [3.05, 3.63) is 59.2 Å². The van der Waals surface area contributed by atoms with E-state index in [2.05, 4.69) is 5.32 Å². The van der Waals surface area contributed by atoms with E-state index in [0.717, 1.165) is 23.1 Å². The van der Waals surface area contributed by atoms with Crippen molar-refractivity contribution in [2.45, 2.75) is 72.5 Å². The Morgan fingerprint density at radius 1 is 1.05 bits per heavy atom. The number of carbonyl (C=O) groups excluding carboxylic acids is 2. The van der Waals surface area contributed by atoms with Crippen molar-refractivity contribution in [3.8, 4) is 5.75 Å². The van der Waals surface area contributed by atoms with E-state index in [1.807, 2.05) is 70.2 Å². The summed E-state index contributed by atoms with van der Waals surface area (Å²) in [7, 11) is -1.96. The molecule has 0 heterocycles. The third-order valence-electron chi connectivity index (χ3n) is 6.30. The lowest BCUT2D eigenvalue weighted by molar-refractivity contribution is -0.140. The number of hydrogen-bond donors (Lipinski definition) is 1. The van der Waals surface area contributed by atoms with E-state index >= 15 is 0 Å². The highest BCUT2D eigenvalue weighted by molar-refractivity contribution is 7.92. The van der Waals surface area contributed by atoms with Gasteiger partial charge in [0.25, 0.3) is 0 Å². The van der Waals surface area contributed by atoms with Crippen molar-refractivity contribution >= 4 is 27.5 Å². The summed E-state index contributed by atoms with van der Waals surface area (Å²) in [5.41, 5.74) is 3.35. The maximum absolute atomic E-state index is 13.4. The maximum atomic E-state index is 13.4. The Hall–Kier alpha value is -3.07. The molecule has 2 aromatic rings. The Balaban J connectivity index is 2.22. The number of rotatable bonds is 13. The number of aryl methyl sites for hydroxylation is 2. The zero-order valence-corrected chi connectivity index (χ0v) is 23.9. The molecule has 2 amide bonds. The largest absolute Gasteiger partial charge is 0.497 e. The minimum Gasteiger partial charge on any atom is -0.497 e. The molecule has 0 aliphatic heterocycles. The second-order valence-electron chi connectivity index (χ2n) is 9.65. The number of amides is 2. The van der Waals surface area contributed by atoms with Crippen LogP contribution in [0.3, 0.4) is 0 Å². The number of nitrogens with one attached hydrogen (secondary N) is 1. The van der Waals surface area contributed by atoms with E-state index in [-0.39, 0.29) is 37.4 Å². The zero-order valence-electron chi connectivity index (χ0n) is 23.1. The van der Waals surface area contributed by atoms with Gasteiger partial charge < -0.3 is 15.0 Å². The number of ether oxygens (including phenoxy) is 1. The van der Waals surface area contributed by atoms with Crippen molar-refractivity contribution in [2.75, 3.05) is 24.2 Å². The molecule has 0 saturated heterocycles. The Bertz CT molecular complexity index is 1160. The standard InChI is InChI=1S/C28H41N3O5S/c1-8-22(4)29-28(33)23(5)30(19-24-11-9-12-26(18-24)36-6)27(32)13-10-14-31(37(7,34)35)25-16-20(2)15-21(3)17-25/h9,11-12,15-18,22-23H,8,10,13-14,19H2,1-7H3,(H,29,33). The Morgan fingerprint density at radius 3 is 2.27 bits per heavy atom. The van der Waals surface area contributed by atoms with Gasteiger partial charge in [0.2, 0.25) is 21.8 Å². The molecule has 1 N–H and O–H groups in total. The number of sulfonamides is 1. The van der Waals surface area contributed by atoms with E-state index in [4.69, 9.17) is 4.74 Å². The van der Waals surface area contributed by atoms with Crippen LogP contribution in [0.15, 0.2) is 42.5 Å². The predicted octanol–water partition coefficient (Wildman–Crippen LogP) is 4.19. The van der Waals surface area contributed by atoms with Crippen molar-refractivity contribution in [1.82, 2.24) is 10.2 Å². The normalized spacial score (nSPS) is 12.9. The van der Waals surface area contributed by atoms with Crippen LogP contribution in [0.4, 0.5) is 5.69 Å². The number of anilines is 1. The molecule has 0 bridgehead atoms. The van der Waals surface area contributed by atoms with Gasteiger partial charge in [0.15, 0.2) is 0 Å². The van der Waals surface area contributed by atoms with Crippen molar-refractivity contribution in [1.29, 1.82) is 0 Å². The highest BCUT2D eigenvalue weighted by Crippen LogP contribution is 2.23. The second-order valence-corrected chi connectivity index (χ2v) is 11.6. The monoisotopic (exact) mass is 531 g/mol. The van der Waals surface area contributed by atoms with Crippen LogP contribution in [-0.2, 0) is 26.2 Å². The summed E-state index contributed by atoms with van der Waals surface area (Å²) in [6.07, 6.45) is 2.36. The summed E-state index contributed by atoms with van der Waals surface area (Å²) in [5, 5.41) is 2.95. The van der Waals surface area contributed by atoms with E-state index in [1.54, 1.807) is 18.9 Å². The number of hydrogen-bond acceptors (Lipinski definition) is 5. The van der Waals surface area contributed by atoms with Crippen LogP contribution < -0.4 is 14.4 Å². The van der Waals surface area contributed by atoms with E-state index in [0.29, 0.717) is 17.9 Å². The maximum Gasteiger partial charge on any atom is 0.242 e. The zero-order chi connectivity index (χ0) is 27.8. The lowest BCUT2D eigenvalue weighted by Crippen LogP contribution is -2.49. The Morgan fingerprint density at radius 2 is 1.70 bits per heavy atom. The van der Waals surface area contributed by atoms with Gasteiger partial charge in [-0.05, 0) is 81.5 Å². The third kappa shape index (κ3) is 9.07. The number of benzene rings is 2. The average Bonchev–Trinajstić information content (AvgIpc) is 2.83. The fraction of sp³-hybridized carbons (Fsp3) is 0.500. The molecule has 8 nitrogen and oxygen atoms in total. The predicted molar refractivity (Wildman–Crippen MR) is 148 cm³/mol. The SMILES string of the molecule is CCC(C)NC(=O)C(C)N(Cc1cccc(OC)c1)C(=O)CCCN(c1cc(C)cc(C)c1)S(C)(=O)=O. The molecule has 37 heavy (non-hydrogen) atoms. The summed E-state index contributed by atoms with van der Waals surface area (Å²) in [6.45, 7) is 9.86. The average molecular weight is 532 g/mol. The number of nitrogens with zero attached hydrogens (tertiary/aromatic N) is 2. The van der Waals surface area contributed by atoms with Gasteiger partial charge in [-0.25, -0.2) is 8.42 Å². The molecule has 0 spiro atoms. The number of carbonyl (C=O) groups is 2. The molecule has 0 aliphatic rings. The topological polar surface area (TPSA) is 96.0 Å².